The summed E-state index contributed by atoms with van der Waals surface area (Å²) in [5.74, 6) is 0. The van der Waals surface area contributed by atoms with Gasteiger partial charge in [0, 0.05) is 7.05 Å². The van der Waals surface area contributed by atoms with Crippen LogP contribution >= 0.6 is 15.9 Å². The molecule has 7 nitrogen and oxygen atoms in total. The van der Waals surface area contributed by atoms with Crippen molar-refractivity contribution >= 4 is 26.0 Å². The van der Waals surface area contributed by atoms with Crippen LogP contribution < -0.4 is 4.72 Å². The summed E-state index contributed by atoms with van der Waals surface area (Å²) in [5.41, 5.74) is 0. The zero-order valence-corrected chi connectivity index (χ0v) is 12.1. The number of nitrogens with zero attached hydrogens (tertiary/aromatic N) is 3. The maximum absolute atomic E-state index is 12.3. The number of aromatic nitrogens is 3. The maximum atomic E-state index is 12.3. The van der Waals surface area contributed by atoms with Gasteiger partial charge in [0.1, 0.15) is 0 Å². The molecule has 0 amide bonds. The highest BCUT2D eigenvalue weighted by molar-refractivity contribution is 9.10. The van der Waals surface area contributed by atoms with Gasteiger partial charge in [-0.2, -0.15) is 0 Å². The molecular formula is C9H13BrN4O3S. The van der Waals surface area contributed by atoms with E-state index in [0.29, 0.717) is 0 Å². The summed E-state index contributed by atoms with van der Waals surface area (Å²) in [4.78, 5) is 0. The second-order valence-electron chi connectivity index (χ2n) is 4.65. The number of halogens is 1. The van der Waals surface area contributed by atoms with Crippen molar-refractivity contribution in [2.24, 2.45) is 7.05 Å². The number of hydrogen-bond donors (Lipinski definition) is 1. The first-order chi connectivity index (χ1) is 8.47. The summed E-state index contributed by atoms with van der Waals surface area (Å²) in [5, 5.41) is 7.41. The molecule has 0 saturated carbocycles. The Bertz CT molecular complexity index is 553. The zero-order chi connectivity index (χ0) is 12.9. The average Bonchev–Trinajstić information content (AvgIpc) is 2.93. The molecule has 2 aliphatic rings. The fraction of sp³-hybridized carbons (Fsp3) is 0.778. The van der Waals surface area contributed by atoms with Gasteiger partial charge in [0.05, 0.1) is 18.2 Å². The van der Waals surface area contributed by atoms with Crippen molar-refractivity contribution < 1.29 is 13.2 Å². The predicted octanol–water partition coefficient (Wildman–Crippen LogP) is 0.176. The molecule has 0 aliphatic carbocycles. The lowest BCUT2D eigenvalue weighted by Crippen LogP contribution is -2.41. The molecule has 2 fully saturated rings. The molecule has 1 aromatic rings. The van der Waals surface area contributed by atoms with Gasteiger partial charge in [-0.05, 0) is 35.2 Å². The molecule has 3 rings (SSSR count). The Labute approximate surface area is 113 Å². The van der Waals surface area contributed by atoms with Crippen LogP contribution in [-0.4, -0.2) is 41.7 Å². The lowest BCUT2D eigenvalue weighted by Gasteiger charge is -2.19. The summed E-state index contributed by atoms with van der Waals surface area (Å²) in [6, 6.07) is -0.143. The van der Waals surface area contributed by atoms with Crippen molar-refractivity contribution in [1.82, 2.24) is 19.7 Å². The van der Waals surface area contributed by atoms with Crippen LogP contribution in [0, 0.1) is 0 Å². The molecule has 0 aromatic carbocycles. The van der Waals surface area contributed by atoms with Gasteiger partial charge in [-0.15, -0.1) is 5.10 Å². The third-order valence-corrected chi connectivity index (χ3v) is 5.78. The van der Waals surface area contributed by atoms with Gasteiger partial charge in [-0.1, -0.05) is 5.21 Å². The fourth-order valence-corrected chi connectivity index (χ4v) is 5.00. The van der Waals surface area contributed by atoms with Crippen molar-refractivity contribution in [1.29, 1.82) is 0 Å². The third-order valence-electron chi connectivity index (χ3n) is 3.40. The quantitative estimate of drug-likeness (QED) is 0.850. The first kappa shape index (κ1) is 12.5. The van der Waals surface area contributed by atoms with E-state index in [9.17, 15) is 8.42 Å². The lowest BCUT2D eigenvalue weighted by atomic mass is 9.96. The van der Waals surface area contributed by atoms with Crippen molar-refractivity contribution in [3.05, 3.63) is 4.60 Å². The van der Waals surface area contributed by atoms with E-state index < -0.39 is 10.0 Å². The van der Waals surface area contributed by atoms with Gasteiger partial charge in [-0.25, -0.2) is 17.8 Å². The van der Waals surface area contributed by atoms with E-state index in [0.717, 1.165) is 19.3 Å². The minimum atomic E-state index is -3.62. The lowest BCUT2D eigenvalue weighted by molar-refractivity contribution is 0.0995. The van der Waals surface area contributed by atoms with Gasteiger partial charge in [0.15, 0.2) is 4.60 Å². The van der Waals surface area contributed by atoms with Crippen molar-refractivity contribution in [2.75, 3.05) is 0 Å². The summed E-state index contributed by atoms with van der Waals surface area (Å²) in [7, 11) is -2.08. The number of nitrogens with one attached hydrogen (secondary N) is 1. The van der Waals surface area contributed by atoms with Gasteiger partial charge in [0.25, 0.3) is 10.0 Å². The number of hydrogen-bond acceptors (Lipinski definition) is 5. The second kappa shape index (κ2) is 4.26. The van der Waals surface area contributed by atoms with Crippen LogP contribution in [0.15, 0.2) is 9.63 Å². The Morgan fingerprint density at radius 2 is 2.28 bits per heavy atom. The Balaban J connectivity index is 1.84. The zero-order valence-electron chi connectivity index (χ0n) is 9.71. The van der Waals surface area contributed by atoms with Crippen LogP contribution in [0.2, 0.25) is 0 Å². The van der Waals surface area contributed by atoms with E-state index in [2.05, 4.69) is 31.0 Å². The van der Waals surface area contributed by atoms with Crippen molar-refractivity contribution in [3.63, 3.8) is 0 Å². The summed E-state index contributed by atoms with van der Waals surface area (Å²) in [6.45, 7) is 0. The fourth-order valence-electron chi connectivity index (χ4n) is 2.63. The van der Waals surface area contributed by atoms with E-state index >= 15 is 0 Å². The molecule has 3 unspecified atom stereocenters. The first-order valence-electron chi connectivity index (χ1n) is 5.70. The molecule has 9 heteroatoms. The predicted molar refractivity (Wildman–Crippen MR) is 65.3 cm³/mol. The molecule has 1 N–H and O–H groups in total. The van der Waals surface area contributed by atoms with Crippen molar-refractivity contribution in [3.8, 4) is 0 Å². The van der Waals surface area contributed by atoms with Crippen molar-refractivity contribution in [2.45, 2.75) is 42.5 Å². The van der Waals surface area contributed by atoms with E-state index in [-0.39, 0.29) is 27.9 Å². The topological polar surface area (TPSA) is 86.1 Å². The number of ether oxygens (including phenoxy) is 1. The van der Waals surface area contributed by atoms with Gasteiger partial charge >= 0.3 is 0 Å². The Kier molecular flexibility index (Phi) is 2.96. The first-order valence-corrected chi connectivity index (χ1v) is 7.98. The number of fused-ring (bicyclic) bond motifs is 2. The Hall–Kier alpha value is -0.510. The molecule has 3 heterocycles. The molecule has 18 heavy (non-hydrogen) atoms. The van der Waals surface area contributed by atoms with Crippen LogP contribution in [0.3, 0.4) is 0 Å². The monoisotopic (exact) mass is 336 g/mol. The number of aryl methyl sites for hydroxylation is 1. The van der Waals surface area contributed by atoms with Gasteiger partial charge < -0.3 is 4.74 Å². The molecule has 0 radical (unpaired) electrons. The highest BCUT2D eigenvalue weighted by atomic mass is 79.9. The molecule has 0 spiro atoms. The minimum Gasteiger partial charge on any atom is -0.373 e. The van der Waals surface area contributed by atoms with E-state index in [1.165, 1.54) is 4.68 Å². The number of rotatable bonds is 3. The highest BCUT2D eigenvalue weighted by Crippen LogP contribution is 2.35. The molecule has 2 bridgehead atoms. The van der Waals surface area contributed by atoms with Gasteiger partial charge in [-0.3, -0.25) is 0 Å². The van der Waals surface area contributed by atoms with Gasteiger partial charge in [0.2, 0.25) is 5.03 Å². The second-order valence-corrected chi connectivity index (χ2v) is 7.03. The number of sulfonamides is 1. The molecule has 2 saturated heterocycles. The standard InChI is InChI=1S/C9H13BrN4O3S/c1-14-9(8(10)11-13-14)18(15,16)12-6-4-5-2-3-7(6)17-5/h5-7,12H,2-4H2,1H3. The third kappa shape index (κ3) is 1.98. The summed E-state index contributed by atoms with van der Waals surface area (Å²) >= 11 is 3.10. The molecular weight excluding hydrogens is 324 g/mol. The largest absolute Gasteiger partial charge is 0.373 e. The Morgan fingerprint density at radius 3 is 2.78 bits per heavy atom. The van der Waals surface area contributed by atoms with Crippen LogP contribution in [0.25, 0.3) is 0 Å². The molecule has 3 atom stereocenters. The van der Waals surface area contributed by atoms with Crippen LogP contribution in [0.5, 0.6) is 0 Å². The highest BCUT2D eigenvalue weighted by Gasteiger charge is 2.43. The average molecular weight is 337 g/mol. The van der Waals surface area contributed by atoms with Crippen LogP contribution in [0.1, 0.15) is 19.3 Å². The van der Waals surface area contributed by atoms with E-state index in [1.54, 1.807) is 7.05 Å². The van der Waals surface area contributed by atoms with Crippen LogP contribution in [0.4, 0.5) is 0 Å². The summed E-state index contributed by atoms with van der Waals surface area (Å²) < 4.78 is 34.3. The smallest absolute Gasteiger partial charge is 0.260 e. The maximum Gasteiger partial charge on any atom is 0.260 e. The molecule has 100 valence electrons. The normalized spacial score (nSPS) is 31.1. The minimum absolute atomic E-state index is 0.00439. The summed E-state index contributed by atoms with van der Waals surface area (Å²) in [6.07, 6.45) is 2.90. The van der Waals surface area contributed by atoms with E-state index in [4.69, 9.17) is 4.74 Å². The van der Waals surface area contributed by atoms with E-state index in [1.807, 2.05) is 0 Å². The molecule has 1 aromatic heterocycles. The molecule has 2 aliphatic heterocycles. The van der Waals surface area contributed by atoms with Crippen LogP contribution in [-0.2, 0) is 21.8 Å². The SMILES string of the molecule is Cn1nnc(Br)c1S(=O)(=O)NC1CC2CCC1O2. The Morgan fingerprint density at radius 1 is 1.50 bits per heavy atom.